The topological polar surface area (TPSA) is 52.6 Å². The number of carbonyl (C=O) groups is 2. The van der Waals surface area contributed by atoms with Crippen LogP contribution in [0.1, 0.15) is 33.2 Å². The van der Waals surface area contributed by atoms with Crippen LogP contribution in [0.15, 0.2) is 46.9 Å². The van der Waals surface area contributed by atoms with Crippen LogP contribution in [0.3, 0.4) is 0 Å². The highest BCUT2D eigenvalue weighted by molar-refractivity contribution is 9.10. The number of benzene rings is 2. The van der Waals surface area contributed by atoms with Crippen molar-refractivity contribution in [1.29, 1.82) is 0 Å². The van der Waals surface area contributed by atoms with Gasteiger partial charge >= 0.3 is 5.97 Å². The van der Waals surface area contributed by atoms with Gasteiger partial charge in [-0.15, -0.1) is 0 Å². The molecular formula is C17H15BrO4. The van der Waals surface area contributed by atoms with Gasteiger partial charge in [-0.25, -0.2) is 4.79 Å². The molecule has 0 amide bonds. The highest BCUT2D eigenvalue weighted by Gasteiger charge is 2.16. The molecule has 0 spiro atoms. The Balaban J connectivity index is 2.19. The maximum Gasteiger partial charge on any atom is 0.338 e. The molecule has 0 aromatic heterocycles. The molecule has 4 nitrogen and oxygen atoms in total. The molecule has 114 valence electrons. The number of hydrogen-bond acceptors (Lipinski definition) is 4. The van der Waals surface area contributed by atoms with E-state index in [1.165, 1.54) is 20.1 Å². The largest absolute Gasteiger partial charge is 0.489 e. The molecule has 22 heavy (non-hydrogen) atoms. The van der Waals surface area contributed by atoms with Crippen molar-refractivity contribution in [3.63, 3.8) is 0 Å². The number of ether oxygens (including phenoxy) is 2. The minimum Gasteiger partial charge on any atom is -0.489 e. The van der Waals surface area contributed by atoms with E-state index in [0.29, 0.717) is 17.9 Å². The zero-order valence-corrected chi connectivity index (χ0v) is 13.8. The van der Waals surface area contributed by atoms with Crippen molar-refractivity contribution in [1.82, 2.24) is 0 Å². The normalized spacial score (nSPS) is 10.1. The fourth-order valence-corrected chi connectivity index (χ4v) is 2.21. The Bertz CT molecular complexity index is 692. The van der Waals surface area contributed by atoms with E-state index in [1.807, 2.05) is 24.3 Å². The number of rotatable bonds is 5. The van der Waals surface area contributed by atoms with E-state index in [9.17, 15) is 9.59 Å². The first-order valence-corrected chi connectivity index (χ1v) is 7.41. The maximum atomic E-state index is 11.8. The molecule has 2 aromatic rings. The SMILES string of the molecule is COC(=O)c1cc(OCc2ccc(Br)cc2)ccc1C(C)=O. The third-order valence-electron chi connectivity index (χ3n) is 3.09. The van der Waals surface area contributed by atoms with Crippen LogP contribution in [0.4, 0.5) is 0 Å². The second kappa shape index (κ2) is 7.22. The lowest BCUT2D eigenvalue weighted by atomic mass is 10.0. The molecule has 2 aromatic carbocycles. The van der Waals surface area contributed by atoms with Crippen LogP contribution in [-0.2, 0) is 11.3 Å². The van der Waals surface area contributed by atoms with Gasteiger partial charge in [0, 0.05) is 10.0 Å². The van der Waals surface area contributed by atoms with E-state index in [2.05, 4.69) is 15.9 Å². The van der Waals surface area contributed by atoms with E-state index in [1.54, 1.807) is 12.1 Å². The third kappa shape index (κ3) is 3.95. The van der Waals surface area contributed by atoms with Gasteiger partial charge in [-0.2, -0.15) is 0 Å². The van der Waals surface area contributed by atoms with Gasteiger partial charge in [0.1, 0.15) is 12.4 Å². The van der Waals surface area contributed by atoms with E-state index in [-0.39, 0.29) is 11.3 Å². The van der Waals surface area contributed by atoms with Crippen LogP contribution in [0, 0.1) is 0 Å². The number of Topliss-reactive ketones (excluding diaryl/α,β-unsaturated/α-hetero) is 1. The zero-order valence-electron chi connectivity index (χ0n) is 12.3. The Morgan fingerprint density at radius 3 is 2.32 bits per heavy atom. The van der Waals surface area contributed by atoms with E-state index < -0.39 is 5.97 Å². The Hall–Kier alpha value is -2.14. The molecule has 0 aliphatic rings. The Morgan fingerprint density at radius 2 is 1.73 bits per heavy atom. The summed E-state index contributed by atoms with van der Waals surface area (Å²) in [6.45, 7) is 1.78. The molecule has 2 rings (SSSR count). The van der Waals surface area contributed by atoms with Crippen molar-refractivity contribution in [3.8, 4) is 5.75 Å². The summed E-state index contributed by atoms with van der Waals surface area (Å²) >= 11 is 3.37. The molecule has 0 N–H and O–H groups in total. The summed E-state index contributed by atoms with van der Waals surface area (Å²) in [4.78, 5) is 23.3. The van der Waals surface area contributed by atoms with E-state index >= 15 is 0 Å². The fraction of sp³-hybridized carbons (Fsp3) is 0.176. The van der Waals surface area contributed by atoms with Crippen LogP contribution in [-0.4, -0.2) is 18.9 Å². The molecule has 0 aliphatic carbocycles. The molecule has 0 saturated heterocycles. The summed E-state index contributed by atoms with van der Waals surface area (Å²) in [7, 11) is 1.28. The van der Waals surface area contributed by atoms with Crippen LogP contribution in [0.5, 0.6) is 5.75 Å². The number of carbonyl (C=O) groups excluding carboxylic acids is 2. The summed E-state index contributed by atoms with van der Waals surface area (Å²) in [5.74, 6) is -0.243. The molecule has 5 heteroatoms. The Labute approximate surface area is 137 Å². The molecular weight excluding hydrogens is 348 g/mol. The molecule has 0 heterocycles. The Morgan fingerprint density at radius 1 is 1.05 bits per heavy atom. The van der Waals surface area contributed by atoms with Gasteiger partial charge in [0.05, 0.1) is 12.7 Å². The highest BCUT2D eigenvalue weighted by Crippen LogP contribution is 2.21. The molecule has 0 bridgehead atoms. The predicted octanol–water partition coefficient (Wildman–Crippen LogP) is 4.02. The van der Waals surface area contributed by atoms with Gasteiger partial charge in [0.25, 0.3) is 0 Å². The first kappa shape index (κ1) is 16.2. The lowest BCUT2D eigenvalue weighted by molar-refractivity contribution is 0.0596. The summed E-state index contributed by atoms with van der Waals surface area (Å²) in [5.41, 5.74) is 1.53. The maximum absolute atomic E-state index is 11.8. The smallest absolute Gasteiger partial charge is 0.338 e. The van der Waals surface area contributed by atoms with Crippen molar-refractivity contribution in [2.24, 2.45) is 0 Å². The molecule has 0 fully saturated rings. The van der Waals surface area contributed by atoms with Crippen molar-refractivity contribution in [2.45, 2.75) is 13.5 Å². The lowest BCUT2D eigenvalue weighted by Gasteiger charge is -2.10. The third-order valence-corrected chi connectivity index (χ3v) is 3.62. The molecule has 0 aliphatic heterocycles. The van der Waals surface area contributed by atoms with Crippen molar-refractivity contribution in [2.75, 3.05) is 7.11 Å². The van der Waals surface area contributed by atoms with Gasteiger partial charge in [0.2, 0.25) is 0 Å². The number of hydrogen-bond donors (Lipinski definition) is 0. The van der Waals surface area contributed by atoms with Crippen LogP contribution >= 0.6 is 15.9 Å². The molecule has 0 radical (unpaired) electrons. The summed E-state index contributed by atoms with van der Waals surface area (Å²) in [5, 5.41) is 0. The van der Waals surface area contributed by atoms with Crippen molar-refractivity contribution >= 4 is 27.7 Å². The number of esters is 1. The van der Waals surface area contributed by atoms with Crippen LogP contribution in [0.25, 0.3) is 0 Å². The molecule has 0 saturated carbocycles. The Kier molecular flexibility index (Phi) is 5.33. The summed E-state index contributed by atoms with van der Waals surface area (Å²) < 4.78 is 11.4. The standard InChI is InChI=1S/C17H15BrO4/c1-11(19)15-8-7-14(9-16(15)17(20)21-2)22-10-12-3-5-13(18)6-4-12/h3-9H,10H2,1-2H3. The van der Waals surface area contributed by atoms with Crippen LogP contribution < -0.4 is 4.74 Å². The van der Waals surface area contributed by atoms with E-state index in [4.69, 9.17) is 9.47 Å². The molecule has 0 unspecified atom stereocenters. The highest BCUT2D eigenvalue weighted by atomic mass is 79.9. The quantitative estimate of drug-likeness (QED) is 0.595. The van der Waals surface area contributed by atoms with Gasteiger partial charge in [-0.1, -0.05) is 28.1 Å². The average Bonchev–Trinajstić information content (AvgIpc) is 2.53. The monoisotopic (exact) mass is 362 g/mol. The second-order valence-electron chi connectivity index (χ2n) is 4.67. The van der Waals surface area contributed by atoms with Gasteiger partial charge in [-0.05, 0) is 42.8 Å². The molecule has 0 atom stereocenters. The van der Waals surface area contributed by atoms with E-state index in [0.717, 1.165) is 10.0 Å². The second-order valence-corrected chi connectivity index (χ2v) is 5.59. The minimum atomic E-state index is -0.556. The first-order valence-electron chi connectivity index (χ1n) is 6.62. The number of methoxy groups -OCH3 is 1. The minimum absolute atomic E-state index is 0.195. The fourth-order valence-electron chi connectivity index (χ4n) is 1.95. The van der Waals surface area contributed by atoms with Crippen molar-refractivity contribution in [3.05, 3.63) is 63.6 Å². The van der Waals surface area contributed by atoms with Crippen molar-refractivity contribution < 1.29 is 19.1 Å². The number of ketones is 1. The number of halogens is 1. The summed E-state index contributed by atoms with van der Waals surface area (Å²) in [6.07, 6.45) is 0. The summed E-state index contributed by atoms with van der Waals surface area (Å²) in [6, 6.07) is 12.5. The predicted molar refractivity (Wildman–Crippen MR) is 86.3 cm³/mol. The van der Waals surface area contributed by atoms with Crippen LogP contribution in [0.2, 0.25) is 0 Å². The van der Waals surface area contributed by atoms with Gasteiger partial charge < -0.3 is 9.47 Å². The van der Waals surface area contributed by atoms with Gasteiger partial charge in [0.15, 0.2) is 5.78 Å². The zero-order chi connectivity index (χ0) is 16.1. The van der Waals surface area contributed by atoms with Gasteiger partial charge in [-0.3, -0.25) is 4.79 Å². The first-order chi connectivity index (χ1) is 10.5. The average molecular weight is 363 g/mol. The lowest BCUT2D eigenvalue weighted by Crippen LogP contribution is -2.09.